The van der Waals surface area contributed by atoms with Gasteiger partial charge in [-0.3, -0.25) is 0 Å². The molecule has 0 aliphatic heterocycles. The van der Waals surface area contributed by atoms with E-state index in [9.17, 15) is 18.0 Å². The first-order valence-corrected chi connectivity index (χ1v) is 9.00. The summed E-state index contributed by atoms with van der Waals surface area (Å²) in [5.74, 6) is -1.24. The average molecular weight is 407 g/mol. The van der Waals surface area contributed by atoms with Crippen LogP contribution in [0.2, 0.25) is 0 Å². The van der Waals surface area contributed by atoms with Gasteiger partial charge in [-0.05, 0) is 29.8 Å². The van der Waals surface area contributed by atoms with Gasteiger partial charge in [0.1, 0.15) is 17.1 Å². The van der Waals surface area contributed by atoms with E-state index < -0.39 is 18.1 Å². The van der Waals surface area contributed by atoms with Crippen molar-refractivity contribution in [1.29, 1.82) is 0 Å². The Bertz CT molecular complexity index is 1020. The Labute approximate surface area is 166 Å². The summed E-state index contributed by atoms with van der Waals surface area (Å²) in [5.41, 5.74) is 1.45. The summed E-state index contributed by atoms with van der Waals surface area (Å²) in [5, 5.41) is 0.739. The monoisotopic (exact) mass is 407 g/mol. The van der Waals surface area contributed by atoms with E-state index in [2.05, 4.69) is 30.9 Å². The minimum atomic E-state index is -4.91. The lowest BCUT2D eigenvalue weighted by Crippen LogP contribution is -2.36. The highest BCUT2D eigenvalue weighted by atomic mass is 19.4. The number of carbonyl (C=O) groups excluding carboxylic acids is 1. The van der Waals surface area contributed by atoms with Crippen molar-refractivity contribution in [1.82, 2.24) is 4.98 Å². The molecule has 0 aliphatic carbocycles. The number of ether oxygens (including phenoxy) is 2. The number of halogens is 3. The lowest BCUT2D eigenvalue weighted by Gasteiger charge is -2.23. The number of nitrogens with zero attached hydrogens (tertiary/aromatic N) is 1. The Kier molecular flexibility index (Phi) is 5.57. The molecule has 1 heterocycles. The van der Waals surface area contributed by atoms with E-state index in [1.54, 1.807) is 12.1 Å². The fourth-order valence-corrected chi connectivity index (χ4v) is 2.96. The van der Waals surface area contributed by atoms with Gasteiger partial charge in [-0.25, -0.2) is 4.79 Å². The van der Waals surface area contributed by atoms with Crippen LogP contribution in [-0.2, 0) is 6.42 Å². The van der Waals surface area contributed by atoms with Gasteiger partial charge in [0.15, 0.2) is 0 Å². The number of H-pyrrole nitrogens is 1. The highest BCUT2D eigenvalue weighted by Gasteiger charge is 2.33. The zero-order valence-electron chi connectivity index (χ0n) is 16.3. The van der Waals surface area contributed by atoms with Crippen molar-refractivity contribution in [2.75, 3.05) is 27.7 Å². The fraction of sp³-hybridized carbons (Fsp3) is 0.286. The molecule has 0 fully saturated rings. The summed E-state index contributed by atoms with van der Waals surface area (Å²) < 4.78 is 48.1. The molecule has 8 heteroatoms. The number of esters is 1. The highest BCUT2D eigenvalue weighted by molar-refractivity contribution is 5.97. The first kappa shape index (κ1) is 20.7. The van der Waals surface area contributed by atoms with Crippen LogP contribution in [0.3, 0.4) is 0 Å². The largest absolute Gasteiger partial charge is 0.573 e. The van der Waals surface area contributed by atoms with Gasteiger partial charge in [0, 0.05) is 23.5 Å². The first-order chi connectivity index (χ1) is 13.5. The number of nitrogens with one attached hydrogen (secondary N) is 1. The van der Waals surface area contributed by atoms with Crippen LogP contribution in [0.25, 0.3) is 10.9 Å². The van der Waals surface area contributed by atoms with Crippen LogP contribution in [-0.4, -0.2) is 49.5 Å². The summed E-state index contributed by atoms with van der Waals surface area (Å²) in [6, 6.07) is 10.3. The van der Waals surface area contributed by atoms with Crippen LogP contribution < -0.4 is 9.47 Å². The molecule has 0 amide bonds. The summed E-state index contributed by atoms with van der Waals surface area (Å²) >= 11 is 0. The fourth-order valence-electron chi connectivity index (χ4n) is 2.96. The van der Waals surface area contributed by atoms with Crippen molar-refractivity contribution in [3.8, 4) is 11.5 Å². The molecule has 0 aliphatic rings. The number of aromatic amines is 1. The molecule has 1 N–H and O–H groups in total. The van der Waals surface area contributed by atoms with Gasteiger partial charge >= 0.3 is 12.3 Å². The summed E-state index contributed by atoms with van der Waals surface area (Å²) in [7, 11) is 6.23. The van der Waals surface area contributed by atoms with Crippen LogP contribution in [0.15, 0.2) is 48.7 Å². The molecule has 0 saturated heterocycles. The molecule has 29 heavy (non-hydrogen) atoms. The Hall–Kier alpha value is -3.00. The number of fused-ring (bicyclic) bond motifs is 1. The molecule has 2 aromatic carbocycles. The number of alkyl halides is 3. The predicted molar refractivity (Wildman–Crippen MR) is 103 cm³/mol. The van der Waals surface area contributed by atoms with Crippen LogP contribution in [0, 0.1) is 0 Å². The van der Waals surface area contributed by atoms with Crippen LogP contribution in [0.4, 0.5) is 13.2 Å². The minimum absolute atomic E-state index is 0.284. The lowest BCUT2D eigenvalue weighted by molar-refractivity contribution is -0.870. The number of carbonyl (C=O) groups is 1. The molecule has 0 unspecified atom stereocenters. The van der Waals surface area contributed by atoms with E-state index in [4.69, 9.17) is 4.74 Å². The topological polar surface area (TPSA) is 51.3 Å². The third-order valence-electron chi connectivity index (χ3n) is 4.34. The maximum absolute atomic E-state index is 12.6. The molecule has 1 aromatic heterocycles. The van der Waals surface area contributed by atoms with Crippen molar-refractivity contribution in [2.24, 2.45) is 0 Å². The number of rotatable bonds is 6. The molecule has 5 nitrogen and oxygen atoms in total. The second-order valence-corrected chi connectivity index (χ2v) is 7.69. The summed E-state index contributed by atoms with van der Waals surface area (Å²) in [4.78, 5) is 15.8. The predicted octanol–water partition coefficient (Wildman–Crippen LogP) is 4.53. The molecule has 0 saturated carbocycles. The Morgan fingerprint density at radius 2 is 1.72 bits per heavy atom. The standard InChI is InChI=1S/C21H22F3N2O3/c1-26(2,3)12-11-14-13-25-16-8-6-10-18(19(14)16)28-20(27)15-7-4-5-9-17(15)29-21(22,23)24/h4-10,13,25H,11-12H2,1-3H3/q+1. The van der Waals surface area contributed by atoms with E-state index in [0.29, 0.717) is 0 Å². The number of para-hydroxylation sites is 1. The molecule has 0 radical (unpaired) electrons. The van der Waals surface area contributed by atoms with Crippen molar-refractivity contribution in [3.63, 3.8) is 0 Å². The molecule has 154 valence electrons. The van der Waals surface area contributed by atoms with E-state index in [1.807, 2.05) is 12.3 Å². The molecule has 0 atom stereocenters. The zero-order valence-corrected chi connectivity index (χ0v) is 16.3. The Morgan fingerprint density at radius 1 is 1.03 bits per heavy atom. The van der Waals surface area contributed by atoms with Gasteiger partial charge in [0.2, 0.25) is 0 Å². The first-order valence-electron chi connectivity index (χ1n) is 9.00. The van der Waals surface area contributed by atoms with E-state index in [0.717, 1.165) is 40.0 Å². The quantitative estimate of drug-likeness (QED) is 0.371. The highest BCUT2D eigenvalue weighted by Crippen LogP contribution is 2.32. The number of benzene rings is 2. The molecular formula is C21H22F3N2O3+. The number of hydrogen-bond acceptors (Lipinski definition) is 3. The van der Waals surface area contributed by atoms with Gasteiger partial charge in [0.05, 0.1) is 27.7 Å². The Balaban J connectivity index is 1.91. The van der Waals surface area contributed by atoms with Gasteiger partial charge in [-0.2, -0.15) is 0 Å². The summed E-state index contributed by atoms with van der Waals surface area (Å²) in [6.07, 6.45) is -2.31. The third-order valence-corrected chi connectivity index (χ3v) is 4.34. The molecule has 3 rings (SSSR count). The van der Waals surface area contributed by atoms with Crippen molar-refractivity contribution in [3.05, 3.63) is 59.8 Å². The van der Waals surface area contributed by atoms with Gasteiger partial charge in [-0.15, -0.1) is 13.2 Å². The third kappa shape index (κ3) is 5.29. The number of aromatic nitrogens is 1. The van der Waals surface area contributed by atoms with Gasteiger partial charge < -0.3 is 18.9 Å². The number of likely N-dealkylation sites (N-methyl/N-ethyl adjacent to an activating group) is 1. The maximum atomic E-state index is 12.6. The normalized spacial score (nSPS) is 12.2. The smallest absolute Gasteiger partial charge is 0.422 e. The Morgan fingerprint density at radius 3 is 2.41 bits per heavy atom. The second-order valence-electron chi connectivity index (χ2n) is 7.69. The van der Waals surface area contributed by atoms with Crippen LogP contribution in [0.5, 0.6) is 11.5 Å². The van der Waals surface area contributed by atoms with Gasteiger partial charge in [0.25, 0.3) is 0 Å². The molecule has 0 spiro atoms. The minimum Gasteiger partial charge on any atom is -0.422 e. The average Bonchev–Trinajstić information content (AvgIpc) is 3.02. The van der Waals surface area contributed by atoms with Crippen molar-refractivity contribution < 1.29 is 31.9 Å². The molecular weight excluding hydrogens is 385 g/mol. The SMILES string of the molecule is C[N+](C)(C)CCc1c[nH]c2cccc(OC(=O)c3ccccc3OC(F)(F)F)c12. The van der Waals surface area contributed by atoms with E-state index in [-0.39, 0.29) is 11.3 Å². The van der Waals surface area contributed by atoms with Gasteiger partial charge in [-0.1, -0.05) is 18.2 Å². The van der Waals surface area contributed by atoms with Crippen LogP contribution >= 0.6 is 0 Å². The zero-order chi connectivity index (χ0) is 21.2. The summed E-state index contributed by atoms with van der Waals surface area (Å²) in [6.45, 7) is 0.859. The van der Waals surface area contributed by atoms with Crippen LogP contribution in [0.1, 0.15) is 15.9 Å². The number of quaternary nitrogens is 1. The number of hydrogen-bond donors (Lipinski definition) is 1. The van der Waals surface area contributed by atoms with E-state index >= 15 is 0 Å². The van der Waals surface area contributed by atoms with Crippen molar-refractivity contribution in [2.45, 2.75) is 12.8 Å². The second kappa shape index (κ2) is 7.79. The van der Waals surface area contributed by atoms with Crippen molar-refractivity contribution >= 4 is 16.9 Å². The molecule has 0 bridgehead atoms. The maximum Gasteiger partial charge on any atom is 0.573 e. The lowest BCUT2D eigenvalue weighted by atomic mass is 10.1. The van der Waals surface area contributed by atoms with E-state index in [1.165, 1.54) is 18.2 Å². The molecule has 3 aromatic rings.